The fourth-order valence-corrected chi connectivity index (χ4v) is 2.05. The molecule has 2 nitrogen and oxygen atoms in total. The monoisotopic (exact) mass is 227 g/mol. The number of rotatable bonds is 5. The second-order valence-electron chi connectivity index (χ2n) is 3.56. The molecule has 0 saturated heterocycles. The lowest BCUT2D eigenvalue weighted by molar-refractivity contribution is 0.409. The highest BCUT2D eigenvalue weighted by Crippen LogP contribution is 2.31. The van der Waals surface area contributed by atoms with E-state index in [2.05, 4.69) is 13.0 Å². The zero-order valence-electron chi connectivity index (χ0n) is 9.35. The number of ether oxygens (including phenoxy) is 1. The molecule has 0 atom stereocenters. The smallest absolute Gasteiger partial charge is 0.140 e. The summed E-state index contributed by atoms with van der Waals surface area (Å²) >= 11 is 6.14. The molecule has 0 aliphatic heterocycles. The Labute approximate surface area is 96.4 Å². The fraction of sp³-hybridized carbons (Fsp3) is 0.500. The van der Waals surface area contributed by atoms with Crippen LogP contribution in [0.25, 0.3) is 0 Å². The maximum atomic E-state index is 6.14. The Morgan fingerprint density at radius 1 is 1.33 bits per heavy atom. The minimum atomic E-state index is 0.647. The van der Waals surface area contributed by atoms with Gasteiger partial charge >= 0.3 is 0 Å². The van der Waals surface area contributed by atoms with Gasteiger partial charge in [0.2, 0.25) is 0 Å². The lowest BCUT2D eigenvalue weighted by Gasteiger charge is -2.12. The third-order valence-electron chi connectivity index (χ3n) is 2.34. The first kappa shape index (κ1) is 12.3. The van der Waals surface area contributed by atoms with Gasteiger partial charge in [-0.2, -0.15) is 0 Å². The topological polar surface area (TPSA) is 35.2 Å². The molecular weight excluding hydrogens is 210 g/mol. The molecule has 0 saturated carbocycles. The van der Waals surface area contributed by atoms with Crippen LogP contribution in [-0.4, -0.2) is 13.7 Å². The van der Waals surface area contributed by atoms with Gasteiger partial charge in [-0.15, -0.1) is 0 Å². The van der Waals surface area contributed by atoms with E-state index in [1.54, 1.807) is 7.11 Å². The molecule has 0 aliphatic rings. The summed E-state index contributed by atoms with van der Waals surface area (Å²) in [4.78, 5) is 0. The van der Waals surface area contributed by atoms with Gasteiger partial charge < -0.3 is 10.5 Å². The Morgan fingerprint density at radius 2 is 2.07 bits per heavy atom. The summed E-state index contributed by atoms with van der Waals surface area (Å²) in [7, 11) is 1.66. The molecule has 3 heteroatoms. The summed E-state index contributed by atoms with van der Waals surface area (Å²) in [5.74, 6) is 0.805. The van der Waals surface area contributed by atoms with E-state index in [-0.39, 0.29) is 0 Å². The highest BCUT2D eigenvalue weighted by Gasteiger charge is 2.09. The quantitative estimate of drug-likeness (QED) is 0.840. The van der Waals surface area contributed by atoms with Crippen molar-refractivity contribution in [1.82, 2.24) is 0 Å². The minimum Gasteiger partial charge on any atom is -0.495 e. The van der Waals surface area contributed by atoms with Crippen molar-refractivity contribution < 1.29 is 4.74 Å². The first-order valence-corrected chi connectivity index (χ1v) is 5.66. The van der Waals surface area contributed by atoms with E-state index in [0.29, 0.717) is 11.6 Å². The van der Waals surface area contributed by atoms with E-state index in [9.17, 15) is 0 Å². The second-order valence-corrected chi connectivity index (χ2v) is 3.97. The standard InChI is InChI=1S/C12H18ClNO/c1-3-4-10-7-9(5-6-14)8-11(13)12(10)15-2/h7-8H,3-6,14H2,1-2H3. The summed E-state index contributed by atoms with van der Waals surface area (Å²) in [5, 5.41) is 0.687. The number of hydrogen-bond donors (Lipinski definition) is 1. The molecule has 1 aromatic rings. The van der Waals surface area contributed by atoms with Gasteiger partial charge in [-0.3, -0.25) is 0 Å². The Hall–Kier alpha value is -0.730. The largest absolute Gasteiger partial charge is 0.495 e. The SMILES string of the molecule is CCCc1cc(CCN)cc(Cl)c1OC. The molecule has 15 heavy (non-hydrogen) atoms. The van der Waals surface area contributed by atoms with Crippen LogP contribution in [0.2, 0.25) is 5.02 Å². The van der Waals surface area contributed by atoms with Crippen molar-refractivity contribution in [2.24, 2.45) is 5.73 Å². The van der Waals surface area contributed by atoms with Gasteiger partial charge in [-0.25, -0.2) is 0 Å². The minimum absolute atomic E-state index is 0.647. The van der Waals surface area contributed by atoms with Crippen molar-refractivity contribution in [3.63, 3.8) is 0 Å². The molecule has 1 rings (SSSR count). The van der Waals surface area contributed by atoms with Gasteiger partial charge in [-0.05, 0) is 36.6 Å². The number of halogens is 1. The molecule has 0 heterocycles. The Bertz CT molecular complexity index is 326. The normalized spacial score (nSPS) is 10.4. The second kappa shape index (κ2) is 5.99. The molecule has 2 N–H and O–H groups in total. The lowest BCUT2D eigenvalue weighted by Crippen LogP contribution is -2.04. The van der Waals surface area contributed by atoms with Crippen molar-refractivity contribution in [2.45, 2.75) is 26.2 Å². The van der Waals surface area contributed by atoms with E-state index in [0.717, 1.165) is 25.0 Å². The average Bonchev–Trinajstić information content (AvgIpc) is 2.18. The third-order valence-corrected chi connectivity index (χ3v) is 2.62. The molecule has 0 fully saturated rings. The molecule has 1 aromatic carbocycles. The van der Waals surface area contributed by atoms with Crippen molar-refractivity contribution in [3.8, 4) is 5.75 Å². The van der Waals surface area contributed by atoms with E-state index in [1.165, 1.54) is 11.1 Å². The predicted octanol–water partition coefficient (Wildman–Crippen LogP) is 2.80. The van der Waals surface area contributed by atoms with Gasteiger partial charge in [0.15, 0.2) is 0 Å². The van der Waals surface area contributed by atoms with Crippen molar-refractivity contribution in [3.05, 3.63) is 28.3 Å². The van der Waals surface area contributed by atoms with Crippen LogP contribution in [-0.2, 0) is 12.8 Å². The first-order chi connectivity index (χ1) is 7.22. The maximum absolute atomic E-state index is 6.14. The Morgan fingerprint density at radius 3 is 2.60 bits per heavy atom. The van der Waals surface area contributed by atoms with Crippen LogP contribution < -0.4 is 10.5 Å². The summed E-state index contributed by atoms with van der Waals surface area (Å²) in [6.45, 7) is 2.79. The molecule has 0 aliphatic carbocycles. The average molecular weight is 228 g/mol. The fourth-order valence-electron chi connectivity index (χ4n) is 1.71. The van der Waals surface area contributed by atoms with Crippen molar-refractivity contribution in [2.75, 3.05) is 13.7 Å². The van der Waals surface area contributed by atoms with Crippen LogP contribution in [0, 0.1) is 0 Å². The molecule has 0 amide bonds. The number of benzene rings is 1. The van der Waals surface area contributed by atoms with E-state index >= 15 is 0 Å². The van der Waals surface area contributed by atoms with Gasteiger partial charge in [-0.1, -0.05) is 31.0 Å². The highest BCUT2D eigenvalue weighted by atomic mass is 35.5. The lowest BCUT2D eigenvalue weighted by atomic mass is 10.0. The molecule has 0 spiro atoms. The van der Waals surface area contributed by atoms with Crippen molar-refractivity contribution >= 4 is 11.6 Å². The van der Waals surface area contributed by atoms with E-state index < -0.39 is 0 Å². The van der Waals surface area contributed by atoms with Crippen LogP contribution >= 0.6 is 11.6 Å². The summed E-state index contributed by atoms with van der Waals surface area (Å²) in [6.07, 6.45) is 2.93. The number of nitrogens with two attached hydrogens (primary N) is 1. The van der Waals surface area contributed by atoms with Gasteiger partial charge in [0.05, 0.1) is 12.1 Å². The molecule has 0 unspecified atom stereocenters. The predicted molar refractivity (Wildman–Crippen MR) is 64.8 cm³/mol. The van der Waals surface area contributed by atoms with Crippen molar-refractivity contribution in [1.29, 1.82) is 0 Å². The third kappa shape index (κ3) is 3.11. The van der Waals surface area contributed by atoms with Gasteiger partial charge in [0.25, 0.3) is 0 Å². The zero-order chi connectivity index (χ0) is 11.3. The summed E-state index contributed by atoms with van der Waals surface area (Å²) in [6, 6.07) is 4.08. The molecule has 84 valence electrons. The molecule has 0 radical (unpaired) electrons. The zero-order valence-corrected chi connectivity index (χ0v) is 10.1. The summed E-state index contributed by atoms with van der Waals surface area (Å²) < 4.78 is 5.30. The van der Waals surface area contributed by atoms with Crippen LogP contribution in [0.5, 0.6) is 5.75 Å². The number of aryl methyl sites for hydroxylation is 1. The van der Waals surface area contributed by atoms with Crippen LogP contribution in [0.3, 0.4) is 0 Å². The van der Waals surface area contributed by atoms with Gasteiger partial charge in [0, 0.05) is 0 Å². The van der Waals surface area contributed by atoms with Crippen LogP contribution in [0.15, 0.2) is 12.1 Å². The van der Waals surface area contributed by atoms with Crippen LogP contribution in [0.4, 0.5) is 0 Å². The molecule has 0 aromatic heterocycles. The van der Waals surface area contributed by atoms with E-state index in [4.69, 9.17) is 22.1 Å². The number of methoxy groups -OCH3 is 1. The molecular formula is C12H18ClNO. The first-order valence-electron chi connectivity index (χ1n) is 5.28. The molecule has 0 bridgehead atoms. The number of hydrogen-bond acceptors (Lipinski definition) is 2. The summed E-state index contributed by atoms with van der Waals surface area (Å²) in [5.41, 5.74) is 7.89. The highest BCUT2D eigenvalue weighted by molar-refractivity contribution is 6.32. The maximum Gasteiger partial charge on any atom is 0.140 e. The Kier molecular flexibility index (Phi) is 4.92. The van der Waals surface area contributed by atoms with Crippen LogP contribution in [0.1, 0.15) is 24.5 Å². The van der Waals surface area contributed by atoms with Gasteiger partial charge in [0.1, 0.15) is 5.75 Å². The Balaban J connectivity index is 3.07. The van der Waals surface area contributed by atoms with E-state index in [1.807, 2.05) is 6.07 Å².